The SMILES string of the molecule is CCn1cnnc1CNC(=NC)N(C)Cc1ccc(F)cc1.I. The molecule has 0 aliphatic carbocycles. The fourth-order valence-corrected chi connectivity index (χ4v) is 2.16. The minimum atomic E-state index is -0.229. The molecule has 1 aromatic heterocycles. The molecule has 126 valence electrons. The summed E-state index contributed by atoms with van der Waals surface area (Å²) >= 11 is 0. The summed E-state index contributed by atoms with van der Waals surface area (Å²) < 4.78 is 14.9. The molecule has 0 unspecified atom stereocenters. The van der Waals surface area contributed by atoms with Crippen LogP contribution in [0.5, 0.6) is 0 Å². The molecule has 1 heterocycles. The van der Waals surface area contributed by atoms with Crippen LogP contribution in [0.25, 0.3) is 0 Å². The van der Waals surface area contributed by atoms with Crippen molar-refractivity contribution >= 4 is 29.9 Å². The Kier molecular flexibility index (Phi) is 7.93. The molecule has 1 aromatic carbocycles. The van der Waals surface area contributed by atoms with Crippen LogP contribution < -0.4 is 5.32 Å². The average molecular weight is 432 g/mol. The molecule has 0 amide bonds. The first-order valence-corrected chi connectivity index (χ1v) is 7.17. The van der Waals surface area contributed by atoms with Gasteiger partial charge in [0.15, 0.2) is 11.8 Å². The Morgan fingerprint density at radius 2 is 2.04 bits per heavy atom. The highest BCUT2D eigenvalue weighted by Crippen LogP contribution is 2.06. The first-order chi connectivity index (χ1) is 10.6. The van der Waals surface area contributed by atoms with Crippen LogP contribution in [0, 0.1) is 5.82 Å². The van der Waals surface area contributed by atoms with E-state index >= 15 is 0 Å². The van der Waals surface area contributed by atoms with Gasteiger partial charge >= 0.3 is 0 Å². The van der Waals surface area contributed by atoms with Crippen LogP contribution in [0.15, 0.2) is 35.6 Å². The van der Waals surface area contributed by atoms with Gasteiger partial charge in [-0.15, -0.1) is 34.2 Å². The number of hydrogen-bond acceptors (Lipinski definition) is 3. The van der Waals surface area contributed by atoms with E-state index in [0.29, 0.717) is 13.1 Å². The second-order valence-electron chi connectivity index (χ2n) is 4.92. The van der Waals surface area contributed by atoms with Crippen LogP contribution in [0.3, 0.4) is 0 Å². The third-order valence-electron chi connectivity index (χ3n) is 3.35. The molecule has 0 bridgehead atoms. The number of rotatable bonds is 5. The third-order valence-corrected chi connectivity index (χ3v) is 3.35. The highest BCUT2D eigenvalue weighted by Gasteiger charge is 2.09. The van der Waals surface area contributed by atoms with E-state index in [0.717, 1.165) is 23.9 Å². The maximum absolute atomic E-state index is 12.9. The lowest BCUT2D eigenvalue weighted by molar-refractivity contribution is 0.473. The lowest BCUT2D eigenvalue weighted by atomic mass is 10.2. The molecule has 23 heavy (non-hydrogen) atoms. The molecule has 2 aromatic rings. The van der Waals surface area contributed by atoms with E-state index in [1.807, 2.05) is 23.4 Å². The van der Waals surface area contributed by atoms with Crippen LogP contribution >= 0.6 is 24.0 Å². The minimum Gasteiger partial charge on any atom is -0.349 e. The van der Waals surface area contributed by atoms with Gasteiger partial charge in [-0.25, -0.2) is 4.39 Å². The number of aryl methyl sites for hydroxylation is 1. The Hall–Kier alpha value is -1.71. The Bertz CT molecular complexity index is 625. The van der Waals surface area contributed by atoms with Gasteiger partial charge in [-0.2, -0.15) is 0 Å². The van der Waals surface area contributed by atoms with Crippen LogP contribution in [-0.2, 0) is 19.6 Å². The molecular formula is C15H22FIN6. The number of aromatic nitrogens is 3. The van der Waals surface area contributed by atoms with Crippen molar-refractivity contribution in [1.82, 2.24) is 25.0 Å². The highest BCUT2D eigenvalue weighted by molar-refractivity contribution is 14.0. The van der Waals surface area contributed by atoms with Crippen LogP contribution in [0.1, 0.15) is 18.3 Å². The van der Waals surface area contributed by atoms with Gasteiger partial charge in [0, 0.05) is 27.2 Å². The van der Waals surface area contributed by atoms with Crippen molar-refractivity contribution in [3.05, 3.63) is 47.8 Å². The van der Waals surface area contributed by atoms with Crippen molar-refractivity contribution in [3.63, 3.8) is 0 Å². The zero-order valence-electron chi connectivity index (χ0n) is 13.5. The number of nitrogens with one attached hydrogen (secondary N) is 1. The van der Waals surface area contributed by atoms with Crippen molar-refractivity contribution in [2.24, 2.45) is 4.99 Å². The number of guanidine groups is 1. The smallest absolute Gasteiger partial charge is 0.194 e. The minimum absolute atomic E-state index is 0. The second kappa shape index (κ2) is 9.43. The molecule has 8 heteroatoms. The lowest BCUT2D eigenvalue weighted by Crippen LogP contribution is -2.38. The van der Waals surface area contributed by atoms with E-state index in [1.54, 1.807) is 25.5 Å². The zero-order valence-corrected chi connectivity index (χ0v) is 15.9. The molecular weight excluding hydrogens is 410 g/mol. The number of benzene rings is 1. The summed E-state index contributed by atoms with van der Waals surface area (Å²) in [5.41, 5.74) is 1.02. The summed E-state index contributed by atoms with van der Waals surface area (Å²) in [6.07, 6.45) is 1.71. The fraction of sp³-hybridized carbons (Fsp3) is 0.400. The van der Waals surface area contributed by atoms with E-state index in [1.165, 1.54) is 12.1 Å². The van der Waals surface area contributed by atoms with E-state index < -0.39 is 0 Å². The molecule has 6 nitrogen and oxygen atoms in total. The maximum atomic E-state index is 12.9. The maximum Gasteiger partial charge on any atom is 0.194 e. The zero-order chi connectivity index (χ0) is 15.9. The Balaban J connectivity index is 0.00000264. The van der Waals surface area contributed by atoms with Gasteiger partial charge in [0.25, 0.3) is 0 Å². The van der Waals surface area contributed by atoms with Gasteiger partial charge in [-0.1, -0.05) is 12.1 Å². The molecule has 1 N–H and O–H groups in total. The first kappa shape index (κ1) is 19.3. The molecule has 0 fully saturated rings. The van der Waals surface area contributed by atoms with E-state index in [-0.39, 0.29) is 29.8 Å². The van der Waals surface area contributed by atoms with Crippen LogP contribution in [0.4, 0.5) is 4.39 Å². The molecule has 0 atom stereocenters. The summed E-state index contributed by atoms with van der Waals surface area (Å²) in [4.78, 5) is 6.23. The van der Waals surface area contributed by atoms with E-state index in [2.05, 4.69) is 20.5 Å². The average Bonchev–Trinajstić information content (AvgIpc) is 2.98. The largest absolute Gasteiger partial charge is 0.349 e. The summed E-state index contributed by atoms with van der Waals surface area (Å²) in [5, 5.41) is 11.2. The van der Waals surface area contributed by atoms with Crippen molar-refractivity contribution < 1.29 is 4.39 Å². The summed E-state index contributed by atoms with van der Waals surface area (Å²) in [7, 11) is 3.66. The monoisotopic (exact) mass is 432 g/mol. The van der Waals surface area contributed by atoms with Gasteiger partial charge in [-0.05, 0) is 24.6 Å². The van der Waals surface area contributed by atoms with Crippen LogP contribution in [-0.4, -0.2) is 39.7 Å². The fourth-order valence-electron chi connectivity index (χ4n) is 2.16. The molecule has 0 spiro atoms. The molecule has 0 radical (unpaired) electrons. The topological polar surface area (TPSA) is 58.3 Å². The van der Waals surface area contributed by atoms with Crippen molar-refractivity contribution in [1.29, 1.82) is 0 Å². The first-order valence-electron chi connectivity index (χ1n) is 7.17. The summed E-state index contributed by atoms with van der Waals surface area (Å²) in [6.45, 7) is 4.06. The van der Waals surface area contributed by atoms with Gasteiger partial charge in [-0.3, -0.25) is 4.99 Å². The summed E-state index contributed by atoms with van der Waals surface area (Å²) in [6, 6.07) is 6.46. The van der Waals surface area contributed by atoms with Crippen LogP contribution in [0.2, 0.25) is 0 Å². The van der Waals surface area contributed by atoms with Gasteiger partial charge in [0.05, 0.1) is 6.54 Å². The highest BCUT2D eigenvalue weighted by atomic mass is 127. The Labute approximate surface area is 152 Å². The quantitative estimate of drug-likeness (QED) is 0.448. The molecule has 0 aliphatic rings. The molecule has 0 saturated heterocycles. The Morgan fingerprint density at radius 1 is 1.35 bits per heavy atom. The standard InChI is InChI=1S/C15H21FN6.HI/c1-4-22-11-19-20-14(22)9-18-15(17-2)21(3)10-12-5-7-13(16)8-6-12;/h5-8,11H,4,9-10H2,1-3H3,(H,17,18);1H. The number of halogens is 2. The van der Waals surface area contributed by atoms with Crippen molar-refractivity contribution in [3.8, 4) is 0 Å². The van der Waals surface area contributed by atoms with Gasteiger partial charge in [0.2, 0.25) is 0 Å². The van der Waals surface area contributed by atoms with E-state index in [9.17, 15) is 4.39 Å². The molecule has 2 rings (SSSR count). The predicted molar refractivity (Wildman–Crippen MR) is 99.2 cm³/mol. The number of aliphatic imine (C=N–C) groups is 1. The van der Waals surface area contributed by atoms with Crippen molar-refractivity contribution in [2.45, 2.75) is 26.6 Å². The molecule has 0 aliphatic heterocycles. The predicted octanol–water partition coefficient (Wildman–Crippen LogP) is 2.26. The van der Waals surface area contributed by atoms with Gasteiger partial charge < -0.3 is 14.8 Å². The second-order valence-corrected chi connectivity index (χ2v) is 4.92. The van der Waals surface area contributed by atoms with E-state index in [4.69, 9.17) is 0 Å². The number of nitrogens with zero attached hydrogens (tertiary/aromatic N) is 5. The normalized spacial score (nSPS) is 11.0. The lowest BCUT2D eigenvalue weighted by Gasteiger charge is -2.22. The Morgan fingerprint density at radius 3 is 2.65 bits per heavy atom. The summed E-state index contributed by atoms with van der Waals surface area (Å²) in [5.74, 6) is 1.38. The van der Waals surface area contributed by atoms with Crippen molar-refractivity contribution in [2.75, 3.05) is 14.1 Å². The van der Waals surface area contributed by atoms with Gasteiger partial charge in [0.1, 0.15) is 12.1 Å². The third kappa shape index (κ3) is 5.45. The molecule has 0 saturated carbocycles. The number of hydrogen-bond donors (Lipinski definition) is 1.